The van der Waals surface area contributed by atoms with Gasteiger partial charge in [0.15, 0.2) is 0 Å². The summed E-state index contributed by atoms with van der Waals surface area (Å²) in [5.41, 5.74) is 1.32. The zero-order valence-electron chi connectivity index (χ0n) is 7.36. The van der Waals surface area contributed by atoms with E-state index in [2.05, 4.69) is 31.2 Å². The maximum atomic E-state index is 5.75. The van der Waals surface area contributed by atoms with E-state index in [0.717, 1.165) is 0 Å². The van der Waals surface area contributed by atoms with Gasteiger partial charge in [0.1, 0.15) is 0 Å². The van der Waals surface area contributed by atoms with Gasteiger partial charge in [-0.25, -0.2) is 0 Å². The van der Waals surface area contributed by atoms with Crippen LogP contribution in [0.2, 0.25) is 0 Å². The zero-order valence-corrected chi connectivity index (χ0v) is 7.36. The molecule has 1 nitrogen and oxygen atoms in total. The summed E-state index contributed by atoms with van der Waals surface area (Å²) in [4.78, 5) is 0. The predicted octanol–water partition coefficient (Wildman–Crippen LogP) is 2.93. The normalized spacial score (nSPS) is 29.1. The Hall–Kier alpha value is -0.820. The summed E-state index contributed by atoms with van der Waals surface area (Å²) in [5.74, 6) is 0. The Morgan fingerprint density at radius 1 is 1.17 bits per heavy atom. The molecule has 0 N–H and O–H groups in total. The summed E-state index contributed by atoms with van der Waals surface area (Å²) < 4.78 is 5.75. The van der Waals surface area contributed by atoms with Gasteiger partial charge in [0.2, 0.25) is 0 Å². The third-order valence-corrected chi connectivity index (χ3v) is 2.40. The van der Waals surface area contributed by atoms with Crippen molar-refractivity contribution in [1.29, 1.82) is 0 Å². The highest BCUT2D eigenvalue weighted by atomic mass is 16.5. The number of benzene rings is 1. The van der Waals surface area contributed by atoms with Crippen molar-refractivity contribution in [3.05, 3.63) is 35.9 Å². The summed E-state index contributed by atoms with van der Waals surface area (Å²) in [6.45, 7) is 2.14. The Bertz CT molecular complexity index is 242. The summed E-state index contributed by atoms with van der Waals surface area (Å²) in [7, 11) is 0. The maximum absolute atomic E-state index is 5.75. The van der Waals surface area contributed by atoms with Crippen LogP contribution in [0.5, 0.6) is 0 Å². The van der Waals surface area contributed by atoms with Gasteiger partial charge in [0.25, 0.3) is 0 Å². The molecule has 2 atom stereocenters. The lowest BCUT2D eigenvalue weighted by Crippen LogP contribution is -2.00. The summed E-state index contributed by atoms with van der Waals surface area (Å²) >= 11 is 0. The Morgan fingerprint density at radius 3 is 2.50 bits per heavy atom. The molecule has 0 bridgehead atoms. The zero-order chi connectivity index (χ0) is 8.39. The average molecular weight is 162 g/mol. The SMILES string of the molecule is C[C@H]1CC[C@@H](c2ccccc2)O1. The van der Waals surface area contributed by atoms with Crippen LogP contribution in [0.25, 0.3) is 0 Å². The van der Waals surface area contributed by atoms with Crippen LogP contribution in [0.4, 0.5) is 0 Å². The van der Waals surface area contributed by atoms with E-state index in [-0.39, 0.29) is 0 Å². The predicted molar refractivity (Wildman–Crippen MR) is 49.0 cm³/mol. The van der Waals surface area contributed by atoms with E-state index in [4.69, 9.17) is 4.74 Å². The number of hydrogen-bond donors (Lipinski definition) is 0. The van der Waals surface area contributed by atoms with E-state index in [0.29, 0.717) is 12.2 Å². The van der Waals surface area contributed by atoms with Crippen LogP contribution in [0, 0.1) is 0 Å². The molecule has 1 heterocycles. The first-order valence-corrected chi connectivity index (χ1v) is 4.56. The van der Waals surface area contributed by atoms with Crippen molar-refractivity contribution in [2.45, 2.75) is 32.0 Å². The molecule has 12 heavy (non-hydrogen) atoms. The fourth-order valence-electron chi connectivity index (χ4n) is 1.72. The molecule has 2 rings (SSSR count). The third-order valence-electron chi connectivity index (χ3n) is 2.40. The van der Waals surface area contributed by atoms with Crippen molar-refractivity contribution in [1.82, 2.24) is 0 Å². The van der Waals surface area contributed by atoms with Crippen molar-refractivity contribution in [2.24, 2.45) is 0 Å². The van der Waals surface area contributed by atoms with Gasteiger partial charge in [-0.3, -0.25) is 0 Å². The Labute approximate surface area is 73.4 Å². The van der Waals surface area contributed by atoms with E-state index in [1.165, 1.54) is 18.4 Å². The van der Waals surface area contributed by atoms with Gasteiger partial charge >= 0.3 is 0 Å². The summed E-state index contributed by atoms with van der Waals surface area (Å²) in [6.07, 6.45) is 3.15. The van der Waals surface area contributed by atoms with Gasteiger partial charge < -0.3 is 4.74 Å². The monoisotopic (exact) mass is 162 g/mol. The molecule has 0 amide bonds. The first-order valence-electron chi connectivity index (χ1n) is 4.56. The van der Waals surface area contributed by atoms with E-state index in [1.807, 2.05) is 6.07 Å². The molecule has 1 heteroatoms. The standard InChI is InChI=1S/C11H14O/c1-9-7-8-11(12-9)10-5-3-2-4-6-10/h2-6,9,11H,7-8H2,1H3/t9-,11-/m0/s1. The first-order chi connectivity index (χ1) is 5.86. The molecule has 1 aromatic carbocycles. The van der Waals surface area contributed by atoms with Crippen molar-refractivity contribution < 1.29 is 4.74 Å². The molecule has 0 saturated carbocycles. The van der Waals surface area contributed by atoms with Crippen LogP contribution in [0.1, 0.15) is 31.4 Å². The van der Waals surface area contributed by atoms with Gasteiger partial charge in [-0.2, -0.15) is 0 Å². The van der Waals surface area contributed by atoms with Crippen LogP contribution >= 0.6 is 0 Å². The summed E-state index contributed by atoms with van der Waals surface area (Å²) in [5, 5.41) is 0. The third kappa shape index (κ3) is 1.51. The molecule has 64 valence electrons. The lowest BCUT2D eigenvalue weighted by Gasteiger charge is -2.10. The van der Waals surface area contributed by atoms with E-state index < -0.39 is 0 Å². The fraction of sp³-hybridized carbons (Fsp3) is 0.455. The van der Waals surface area contributed by atoms with E-state index in [1.54, 1.807) is 0 Å². The Balaban J connectivity index is 2.11. The highest BCUT2D eigenvalue weighted by Crippen LogP contribution is 2.31. The van der Waals surface area contributed by atoms with Crippen molar-refractivity contribution in [2.75, 3.05) is 0 Å². The van der Waals surface area contributed by atoms with Crippen LogP contribution < -0.4 is 0 Å². The second-order valence-electron chi connectivity index (χ2n) is 3.42. The van der Waals surface area contributed by atoms with Crippen molar-refractivity contribution in [3.63, 3.8) is 0 Å². The van der Waals surface area contributed by atoms with Crippen LogP contribution in [-0.2, 0) is 4.74 Å². The second-order valence-corrected chi connectivity index (χ2v) is 3.42. The molecule has 1 aliphatic heterocycles. The van der Waals surface area contributed by atoms with Gasteiger partial charge in [0, 0.05) is 0 Å². The molecule has 0 aliphatic carbocycles. The van der Waals surface area contributed by atoms with Gasteiger partial charge in [-0.15, -0.1) is 0 Å². The fourth-order valence-corrected chi connectivity index (χ4v) is 1.72. The number of rotatable bonds is 1. The van der Waals surface area contributed by atoms with Gasteiger partial charge in [-0.05, 0) is 25.3 Å². The Morgan fingerprint density at radius 2 is 1.92 bits per heavy atom. The maximum Gasteiger partial charge on any atom is 0.0829 e. The topological polar surface area (TPSA) is 9.23 Å². The van der Waals surface area contributed by atoms with Crippen LogP contribution in [0.3, 0.4) is 0 Å². The largest absolute Gasteiger partial charge is 0.371 e. The van der Waals surface area contributed by atoms with Gasteiger partial charge in [0.05, 0.1) is 12.2 Å². The minimum absolute atomic E-state index is 0.348. The first kappa shape index (κ1) is 7.81. The second kappa shape index (κ2) is 3.28. The van der Waals surface area contributed by atoms with E-state index in [9.17, 15) is 0 Å². The molecule has 0 spiro atoms. The quantitative estimate of drug-likeness (QED) is 0.617. The molecule has 0 radical (unpaired) electrons. The van der Waals surface area contributed by atoms with Crippen molar-refractivity contribution in [3.8, 4) is 0 Å². The van der Waals surface area contributed by atoms with Crippen LogP contribution in [-0.4, -0.2) is 6.10 Å². The molecule has 1 saturated heterocycles. The summed E-state index contributed by atoms with van der Waals surface area (Å²) in [6, 6.07) is 10.5. The van der Waals surface area contributed by atoms with Crippen molar-refractivity contribution >= 4 is 0 Å². The molecule has 1 aromatic rings. The van der Waals surface area contributed by atoms with Gasteiger partial charge in [-0.1, -0.05) is 30.3 Å². The molecule has 1 fully saturated rings. The Kier molecular flexibility index (Phi) is 2.13. The minimum Gasteiger partial charge on any atom is -0.371 e. The number of ether oxygens (including phenoxy) is 1. The number of hydrogen-bond acceptors (Lipinski definition) is 1. The lowest BCUT2D eigenvalue weighted by molar-refractivity contribution is 0.0555. The average Bonchev–Trinajstić information content (AvgIpc) is 2.54. The highest BCUT2D eigenvalue weighted by Gasteiger charge is 2.22. The molecular formula is C11H14O. The van der Waals surface area contributed by atoms with Crippen LogP contribution in [0.15, 0.2) is 30.3 Å². The molecular weight excluding hydrogens is 148 g/mol. The smallest absolute Gasteiger partial charge is 0.0829 e. The minimum atomic E-state index is 0.348. The highest BCUT2D eigenvalue weighted by molar-refractivity contribution is 5.18. The molecule has 1 aliphatic rings. The molecule has 0 aromatic heterocycles. The lowest BCUT2D eigenvalue weighted by atomic mass is 10.1. The van der Waals surface area contributed by atoms with E-state index >= 15 is 0 Å². The molecule has 0 unspecified atom stereocenters.